The van der Waals surface area contributed by atoms with Gasteiger partial charge in [0.25, 0.3) is 5.91 Å². The highest BCUT2D eigenvalue weighted by Gasteiger charge is 2.21. The van der Waals surface area contributed by atoms with E-state index in [1.807, 2.05) is 0 Å². The first-order valence-electron chi connectivity index (χ1n) is 10.3. The first kappa shape index (κ1) is 22.8. The Kier molecular flexibility index (Phi) is 8.57. The van der Waals surface area contributed by atoms with Gasteiger partial charge < -0.3 is 20.4 Å². The third kappa shape index (κ3) is 7.45. The number of piperidine rings is 1. The van der Waals surface area contributed by atoms with E-state index in [1.54, 1.807) is 14.1 Å². The van der Waals surface area contributed by atoms with Crippen molar-refractivity contribution in [2.45, 2.75) is 33.1 Å². The van der Waals surface area contributed by atoms with Gasteiger partial charge in [-0.05, 0) is 49.8 Å². The van der Waals surface area contributed by atoms with Crippen LogP contribution < -0.4 is 10.6 Å². The smallest absolute Gasteiger partial charge is 0.313 e. The number of carbonyl (C=O) groups is 3. The Labute approximate surface area is 173 Å². The number of aromatic nitrogens is 1. The number of amides is 3. The molecule has 1 aliphatic heterocycles. The number of hydrogen-bond donors (Lipinski definition) is 2. The molecule has 8 heteroatoms. The van der Waals surface area contributed by atoms with Crippen molar-refractivity contribution in [3.05, 3.63) is 24.0 Å². The van der Waals surface area contributed by atoms with Crippen molar-refractivity contribution < 1.29 is 14.4 Å². The van der Waals surface area contributed by atoms with Crippen molar-refractivity contribution in [1.29, 1.82) is 0 Å². The quantitative estimate of drug-likeness (QED) is 0.533. The summed E-state index contributed by atoms with van der Waals surface area (Å²) in [6.45, 7) is 8.36. The molecule has 3 amide bonds. The lowest BCUT2D eigenvalue weighted by atomic mass is 9.92. The molecule has 2 rings (SSSR count). The van der Waals surface area contributed by atoms with Crippen LogP contribution in [-0.4, -0.2) is 72.8 Å². The normalized spacial score (nSPS) is 19.4. The molecule has 29 heavy (non-hydrogen) atoms. The molecule has 1 aromatic heterocycles. The maximum atomic E-state index is 12.1. The summed E-state index contributed by atoms with van der Waals surface area (Å²) in [5, 5.41) is 5.16. The summed E-state index contributed by atoms with van der Waals surface area (Å²) in [5.41, 5.74) is 0.563. The fraction of sp³-hybridized carbons (Fsp3) is 0.619. The van der Waals surface area contributed by atoms with E-state index in [-0.39, 0.29) is 11.6 Å². The number of nitrogens with zero attached hydrogens (tertiary/aromatic N) is 3. The topological polar surface area (TPSA) is 94.6 Å². The minimum atomic E-state index is -0.752. The molecule has 160 valence electrons. The van der Waals surface area contributed by atoms with Gasteiger partial charge in [-0.25, -0.2) is 0 Å². The first-order chi connectivity index (χ1) is 13.8. The van der Waals surface area contributed by atoms with Gasteiger partial charge >= 0.3 is 11.8 Å². The van der Waals surface area contributed by atoms with Crippen LogP contribution in [-0.2, 0) is 9.59 Å². The molecular weight excluding hydrogens is 370 g/mol. The summed E-state index contributed by atoms with van der Waals surface area (Å²) in [7, 11) is 3.24. The van der Waals surface area contributed by atoms with Crippen LogP contribution >= 0.6 is 0 Å². The molecule has 2 N–H and O–H groups in total. The largest absolute Gasteiger partial charge is 0.348 e. The molecule has 8 nitrogen and oxygen atoms in total. The van der Waals surface area contributed by atoms with E-state index in [9.17, 15) is 14.4 Å². The molecule has 1 saturated heterocycles. The molecule has 0 unspecified atom stereocenters. The average molecular weight is 404 g/mol. The van der Waals surface area contributed by atoms with Crippen LogP contribution in [0.4, 0.5) is 5.69 Å². The molecule has 0 aromatic carbocycles. The highest BCUT2D eigenvalue weighted by Crippen LogP contribution is 2.20. The molecule has 0 spiro atoms. The van der Waals surface area contributed by atoms with Crippen LogP contribution in [0.25, 0.3) is 0 Å². The molecule has 2 heterocycles. The number of unbranched alkanes of at least 4 members (excludes halogenated alkanes) is 1. The molecule has 0 saturated carbocycles. The zero-order valence-electron chi connectivity index (χ0n) is 17.9. The number of pyridine rings is 1. The standard InChI is InChI=1S/C21H33N5O3/c1-15-11-16(2)14-26(13-15)10-6-5-8-23-19(27)20(28)24-17-7-9-22-18(12-17)21(29)25(3)4/h7,9,12,15-16H,5-6,8,10-11,13-14H2,1-4H3,(H,23,27)(H,22,24,28)/t15-,16+. The Morgan fingerprint density at radius 2 is 1.83 bits per heavy atom. The third-order valence-electron chi connectivity index (χ3n) is 4.98. The summed E-state index contributed by atoms with van der Waals surface area (Å²) in [6, 6.07) is 2.99. The molecule has 0 radical (unpaired) electrons. The molecule has 1 aliphatic rings. The van der Waals surface area contributed by atoms with Gasteiger partial charge in [0.1, 0.15) is 5.69 Å². The van der Waals surface area contributed by atoms with Crippen LogP contribution in [0.15, 0.2) is 18.3 Å². The summed E-state index contributed by atoms with van der Waals surface area (Å²) in [5.74, 6) is -0.226. The number of likely N-dealkylation sites (tertiary alicyclic amines) is 1. The van der Waals surface area contributed by atoms with Crippen molar-refractivity contribution >= 4 is 23.4 Å². The highest BCUT2D eigenvalue weighted by molar-refractivity contribution is 6.39. The van der Waals surface area contributed by atoms with E-state index in [1.165, 1.54) is 29.7 Å². The van der Waals surface area contributed by atoms with Crippen LogP contribution in [0.5, 0.6) is 0 Å². The SMILES string of the molecule is C[C@@H]1C[C@H](C)CN(CCCCNC(=O)C(=O)Nc2ccnc(C(=O)N(C)C)c2)C1. The monoisotopic (exact) mass is 403 g/mol. The Balaban J connectivity index is 1.69. The minimum Gasteiger partial charge on any atom is -0.348 e. The van der Waals surface area contributed by atoms with E-state index in [2.05, 4.69) is 34.4 Å². The van der Waals surface area contributed by atoms with E-state index >= 15 is 0 Å². The maximum absolute atomic E-state index is 12.1. The fourth-order valence-electron chi connectivity index (χ4n) is 3.76. The van der Waals surface area contributed by atoms with Crippen molar-refractivity contribution in [2.24, 2.45) is 11.8 Å². The second kappa shape index (κ2) is 10.9. The first-order valence-corrected chi connectivity index (χ1v) is 10.3. The van der Waals surface area contributed by atoms with Crippen LogP contribution in [0.1, 0.15) is 43.6 Å². The fourth-order valence-corrected chi connectivity index (χ4v) is 3.76. The Morgan fingerprint density at radius 1 is 1.14 bits per heavy atom. The van der Waals surface area contributed by atoms with Crippen molar-refractivity contribution in [2.75, 3.05) is 45.6 Å². The summed E-state index contributed by atoms with van der Waals surface area (Å²) in [6.07, 6.45) is 4.53. The lowest BCUT2D eigenvalue weighted by Gasteiger charge is -2.34. The van der Waals surface area contributed by atoms with Gasteiger partial charge in [0, 0.05) is 45.6 Å². The highest BCUT2D eigenvalue weighted by atomic mass is 16.2. The van der Waals surface area contributed by atoms with Crippen LogP contribution in [0.3, 0.4) is 0 Å². The van der Waals surface area contributed by atoms with E-state index in [0.717, 1.165) is 44.3 Å². The summed E-state index contributed by atoms with van der Waals surface area (Å²) < 4.78 is 0. The molecule has 0 bridgehead atoms. The van der Waals surface area contributed by atoms with E-state index in [0.29, 0.717) is 12.2 Å². The Bertz CT molecular complexity index is 712. The van der Waals surface area contributed by atoms with Crippen molar-refractivity contribution in [3.8, 4) is 0 Å². The number of nitrogens with one attached hydrogen (secondary N) is 2. The second-order valence-corrected chi connectivity index (χ2v) is 8.25. The number of hydrogen-bond acceptors (Lipinski definition) is 5. The zero-order valence-corrected chi connectivity index (χ0v) is 17.9. The lowest BCUT2D eigenvalue weighted by Crippen LogP contribution is -2.39. The average Bonchev–Trinajstić information content (AvgIpc) is 2.66. The third-order valence-corrected chi connectivity index (χ3v) is 4.98. The van der Waals surface area contributed by atoms with Gasteiger partial charge in [-0.15, -0.1) is 0 Å². The number of anilines is 1. The molecule has 0 aliphatic carbocycles. The van der Waals surface area contributed by atoms with Crippen molar-refractivity contribution in [3.63, 3.8) is 0 Å². The van der Waals surface area contributed by atoms with Crippen molar-refractivity contribution in [1.82, 2.24) is 20.1 Å². The van der Waals surface area contributed by atoms with E-state index < -0.39 is 11.8 Å². The molecule has 2 atom stereocenters. The van der Waals surface area contributed by atoms with Gasteiger partial charge in [-0.2, -0.15) is 0 Å². The van der Waals surface area contributed by atoms with E-state index in [4.69, 9.17) is 0 Å². The summed E-state index contributed by atoms with van der Waals surface area (Å²) >= 11 is 0. The molecule has 1 aromatic rings. The van der Waals surface area contributed by atoms with Gasteiger partial charge in [0.2, 0.25) is 0 Å². The number of rotatable bonds is 7. The predicted octanol–water partition coefficient (Wildman–Crippen LogP) is 1.60. The predicted molar refractivity (Wildman–Crippen MR) is 113 cm³/mol. The lowest BCUT2D eigenvalue weighted by molar-refractivity contribution is -0.136. The van der Waals surface area contributed by atoms with Crippen LogP contribution in [0.2, 0.25) is 0 Å². The summed E-state index contributed by atoms with van der Waals surface area (Å²) in [4.78, 5) is 43.9. The van der Waals surface area contributed by atoms with Gasteiger partial charge in [0.05, 0.1) is 0 Å². The maximum Gasteiger partial charge on any atom is 0.313 e. The van der Waals surface area contributed by atoms with Gasteiger partial charge in [-0.1, -0.05) is 13.8 Å². The van der Waals surface area contributed by atoms with Gasteiger partial charge in [-0.3, -0.25) is 19.4 Å². The van der Waals surface area contributed by atoms with Gasteiger partial charge in [0.15, 0.2) is 0 Å². The Morgan fingerprint density at radius 3 is 2.48 bits per heavy atom. The molecule has 1 fully saturated rings. The zero-order chi connectivity index (χ0) is 21.4. The Hall–Kier alpha value is -2.48. The number of carbonyl (C=O) groups excluding carboxylic acids is 3. The molecular formula is C21H33N5O3. The minimum absolute atomic E-state index is 0.203. The van der Waals surface area contributed by atoms with Crippen LogP contribution in [0, 0.1) is 11.8 Å². The second-order valence-electron chi connectivity index (χ2n) is 8.25.